The van der Waals surface area contributed by atoms with Crippen molar-refractivity contribution in [1.82, 2.24) is 10.2 Å². The normalized spacial score (nSPS) is 21.2. The SMILES string of the molecule is C=CC[C@@]1(CNC(=O)OC(C)(C)C)C(=O)CCCN1C(=O)OC(C)(C)C. The monoisotopic (exact) mass is 368 g/mol. The Balaban J connectivity index is 3.06. The van der Waals surface area contributed by atoms with Crippen LogP contribution in [0.2, 0.25) is 0 Å². The second-order valence-electron chi connectivity index (χ2n) is 8.54. The molecule has 1 atom stereocenters. The Morgan fingerprint density at radius 1 is 1.19 bits per heavy atom. The van der Waals surface area contributed by atoms with Crippen molar-refractivity contribution >= 4 is 18.0 Å². The number of likely N-dealkylation sites (tertiary alicyclic amines) is 1. The number of nitrogens with one attached hydrogen (secondary N) is 1. The second kappa shape index (κ2) is 8.10. The molecule has 0 saturated carbocycles. The molecule has 0 aliphatic carbocycles. The van der Waals surface area contributed by atoms with Crippen molar-refractivity contribution in [1.29, 1.82) is 0 Å². The summed E-state index contributed by atoms with van der Waals surface area (Å²) in [5.74, 6) is -0.120. The van der Waals surface area contributed by atoms with Crippen LogP contribution in [0.1, 0.15) is 60.8 Å². The summed E-state index contributed by atoms with van der Waals surface area (Å²) in [6, 6.07) is 0. The summed E-state index contributed by atoms with van der Waals surface area (Å²) in [5.41, 5.74) is -2.55. The number of ether oxygens (including phenoxy) is 2. The smallest absolute Gasteiger partial charge is 0.411 e. The Morgan fingerprint density at radius 2 is 1.77 bits per heavy atom. The van der Waals surface area contributed by atoms with E-state index in [4.69, 9.17) is 9.47 Å². The van der Waals surface area contributed by atoms with E-state index in [2.05, 4.69) is 11.9 Å². The highest BCUT2D eigenvalue weighted by molar-refractivity contribution is 5.93. The Labute approximate surface area is 156 Å². The minimum absolute atomic E-state index is 0.0496. The highest BCUT2D eigenvalue weighted by Crippen LogP contribution is 2.30. The number of amides is 2. The molecule has 0 spiro atoms. The first kappa shape index (κ1) is 22.0. The zero-order valence-corrected chi connectivity index (χ0v) is 16.8. The summed E-state index contributed by atoms with van der Waals surface area (Å²) in [6.45, 7) is 14.6. The third-order valence-corrected chi connectivity index (χ3v) is 3.84. The van der Waals surface area contributed by atoms with Gasteiger partial charge >= 0.3 is 12.2 Å². The lowest BCUT2D eigenvalue weighted by atomic mass is 9.82. The number of carbonyl (C=O) groups is 3. The van der Waals surface area contributed by atoms with Crippen LogP contribution in [0.5, 0.6) is 0 Å². The third-order valence-electron chi connectivity index (χ3n) is 3.84. The van der Waals surface area contributed by atoms with Crippen molar-refractivity contribution in [3.05, 3.63) is 12.7 Å². The molecule has 0 aromatic rings. The Morgan fingerprint density at radius 3 is 2.27 bits per heavy atom. The molecule has 0 radical (unpaired) electrons. The van der Waals surface area contributed by atoms with Gasteiger partial charge in [0, 0.05) is 13.0 Å². The number of Topliss-reactive ketones (excluding diaryl/α,β-unsaturated/α-hetero) is 1. The molecule has 1 aliphatic heterocycles. The van der Waals surface area contributed by atoms with Gasteiger partial charge in [0.05, 0.1) is 6.54 Å². The first-order valence-corrected chi connectivity index (χ1v) is 8.92. The quantitative estimate of drug-likeness (QED) is 0.769. The van der Waals surface area contributed by atoms with Gasteiger partial charge < -0.3 is 14.8 Å². The number of nitrogens with zero attached hydrogens (tertiary/aromatic N) is 1. The van der Waals surface area contributed by atoms with E-state index in [1.165, 1.54) is 4.90 Å². The van der Waals surface area contributed by atoms with Crippen LogP contribution in [0.3, 0.4) is 0 Å². The standard InChI is InChI=1S/C19H32N2O5/c1-8-11-19(13-20-15(23)25-17(2,3)4)14(22)10-9-12-21(19)16(24)26-18(5,6)7/h8H,1,9-13H2,2-7H3,(H,20,23)/t19-/m1/s1. The van der Waals surface area contributed by atoms with Gasteiger partial charge in [-0.25, -0.2) is 9.59 Å². The van der Waals surface area contributed by atoms with Crippen LogP contribution in [-0.2, 0) is 14.3 Å². The molecule has 7 nitrogen and oxygen atoms in total. The summed E-state index contributed by atoms with van der Waals surface area (Å²) < 4.78 is 10.7. The summed E-state index contributed by atoms with van der Waals surface area (Å²) in [6.07, 6.45) is 1.49. The lowest BCUT2D eigenvalue weighted by Crippen LogP contribution is -2.65. The van der Waals surface area contributed by atoms with Crippen LogP contribution in [0.15, 0.2) is 12.7 Å². The van der Waals surface area contributed by atoms with E-state index < -0.39 is 28.9 Å². The van der Waals surface area contributed by atoms with Gasteiger partial charge in [0.25, 0.3) is 0 Å². The van der Waals surface area contributed by atoms with E-state index in [0.29, 0.717) is 19.4 Å². The van der Waals surface area contributed by atoms with Gasteiger partial charge in [0.1, 0.15) is 16.7 Å². The van der Waals surface area contributed by atoms with Crippen molar-refractivity contribution in [3.63, 3.8) is 0 Å². The molecule has 2 amide bonds. The number of piperidine rings is 1. The summed E-state index contributed by atoms with van der Waals surface area (Å²) in [5, 5.41) is 2.63. The molecule has 1 aliphatic rings. The second-order valence-corrected chi connectivity index (χ2v) is 8.54. The molecular weight excluding hydrogens is 336 g/mol. The van der Waals surface area contributed by atoms with Crippen molar-refractivity contribution in [2.45, 2.75) is 77.5 Å². The van der Waals surface area contributed by atoms with Crippen LogP contribution >= 0.6 is 0 Å². The molecule has 1 N–H and O–H groups in total. The molecule has 1 rings (SSSR count). The number of ketones is 1. The fourth-order valence-corrected chi connectivity index (χ4v) is 2.84. The van der Waals surface area contributed by atoms with Crippen LogP contribution < -0.4 is 5.32 Å². The molecule has 26 heavy (non-hydrogen) atoms. The van der Waals surface area contributed by atoms with Gasteiger partial charge in [-0.2, -0.15) is 0 Å². The van der Waals surface area contributed by atoms with Gasteiger partial charge in [0.2, 0.25) is 0 Å². The van der Waals surface area contributed by atoms with Crippen LogP contribution in [0.4, 0.5) is 9.59 Å². The molecule has 1 heterocycles. The molecule has 0 bridgehead atoms. The molecule has 0 unspecified atom stereocenters. The Kier molecular flexibility index (Phi) is 6.85. The largest absolute Gasteiger partial charge is 0.444 e. The number of rotatable bonds is 4. The van der Waals surface area contributed by atoms with Crippen LogP contribution in [0.25, 0.3) is 0 Å². The minimum Gasteiger partial charge on any atom is -0.444 e. The van der Waals surface area contributed by atoms with E-state index in [0.717, 1.165) is 0 Å². The van der Waals surface area contributed by atoms with Crippen molar-refractivity contribution in [2.75, 3.05) is 13.1 Å². The number of hydrogen-bond acceptors (Lipinski definition) is 5. The number of carbonyl (C=O) groups excluding carboxylic acids is 3. The van der Waals surface area contributed by atoms with Gasteiger partial charge in [0.15, 0.2) is 5.78 Å². The molecule has 1 saturated heterocycles. The third kappa shape index (κ3) is 6.04. The Hall–Kier alpha value is -2.05. The average molecular weight is 368 g/mol. The van der Waals surface area contributed by atoms with Gasteiger partial charge in [-0.15, -0.1) is 6.58 Å². The molecule has 0 aromatic carbocycles. The molecule has 7 heteroatoms. The zero-order chi connectivity index (χ0) is 20.2. The lowest BCUT2D eigenvalue weighted by Gasteiger charge is -2.45. The van der Waals surface area contributed by atoms with Crippen molar-refractivity contribution < 1.29 is 23.9 Å². The van der Waals surface area contributed by atoms with Gasteiger partial charge in [-0.1, -0.05) is 6.08 Å². The first-order chi connectivity index (χ1) is 11.8. The maximum absolute atomic E-state index is 12.8. The van der Waals surface area contributed by atoms with E-state index >= 15 is 0 Å². The number of alkyl carbamates (subject to hydrolysis) is 1. The van der Waals surface area contributed by atoms with E-state index in [1.54, 1.807) is 47.6 Å². The van der Waals surface area contributed by atoms with Crippen LogP contribution in [-0.4, -0.2) is 52.7 Å². The predicted octanol–water partition coefficient (Wildman–Crippen LogP) is 3.43. The minimum atomic E-state index is -1.21. The molecular formula is C19H32N2O5. The van der Waals surface area contributed by atoms with Crippen molar-refractivity contribution in [2.24, 2.45) is 0 Å². The first-order valence-electron chi connectivity index (χ1n) is 8.92. The average Bonchev–Trinajstić information content (AvgIpc) is 2.44. The molecule has 148 valence electrons. The maximum atomic E-state index is 12.8. The van der Waals surface area contributed by atoms with Gasteiger partial charge in [-0.05, 0) is 54.4 Å². The summed E-state index contributed by atoms with van der Waals surface area (Å²) >= 11 is 0. The fraction of sp³-hybridized carbons (Fsp3) is 0.737. The van der Waals surface area contributed by atoms with Gasteiger partial charge in [-0.3, -0.25) is 9.69 Å². The predicted molar refractivity (Wildman–Crippen MR) is 99.0 cm³/mol. The topological polar surface area (TPSA) is 84.9 Å². The fourth-order valence-electron chi connectivity index (χ4n) is 2.84. The van der Waals surface area contributed by atoms with Crippen molar-refractivity contribution in [3.8, 4) is 0 Å². The van der Waals surface area contributed by atoms with E-state index in [9.17, 15) is 14.4 Å². The van der Waals surface area contributed by atoms with E-state index in [1.807, 2.05) is 0 Å². The molecule has 0 aromatic heterocycles. The zero-order valence-electron chi connectivity index (χ0n) is 16.8. The van der Waals surface area contributed by atoms with E-state index in [-0.39, 0.29) is 18.7 Å². The number of hydrogen-bond donors (Lipinski definition) is 1. The highest BCUT2D eigenvalue weighted by atomic mass is 16.6. The lowest BCUT2D eigenvalue weighted by molar-refractivity contribution is -0.134. The molecule has 1 fully saturated rings. The summed E-state index contributed by atoms with van der Waals surface area (Å²) in [7, 11) is 0. The highest BCUT2D eigenvalue weighted by Gasteiger charge is 2.48. The maximum Gasteiger partial charge on any atom is 0.411 e. The van der Waals surface area contributed by atoms with Crippen LogP contribution in [0, 0.1) is 0 Å². The Bertz CT molecular complexity index is 559. The summed E-state index contributed by atoms with van der Waals surface area (Å²) in [4.78, 5) is 39.0.